The van der Waals surface area contributed by atoms with Gasteiger partial charge in [-0.15, -0.1) is 0 Å². The molecule has 0 bridgehead atoms. The summed E-state index contributed by atoms with van der Waals surface area (Å²) in [5, 5.41) is 10.0. The number of nitrogens with zero attached hydrogens (tertiary/aromatic N) is 3. The fourth-order valence-electron chi connectivity index (χ4n) is 1.43. The number of pyridine rings is 1. The Labute approximate surface area is 87.2 Å². The van der Waals surface area contributed by atoms with Crippen LogP contribution < -0.4 is 5.73 Å². The highest BCUT2D eigenvalue weighted by Crippen LogP contribution is 2.23. The lowest BCUT2D eigenvalue weighted by Gasteiger charge is -2.12. The van der Waals surface area contributed by atoms with Crippen LogP contribution in [0.25, 0.3) is 0 Å². The minimum Gasteiger partial charge on any atom is -0.398 e. The summed E-state index contributed by atoms with van der Waals surface area (Å²) < 4.78 is 1.75. The second kappa shape index (κ2) is 3.70. The Balaban J connectivity index is 2.41. The van der Waals surface area contributed by atoms with Gasteiger partial charge in [-0.3, -0.25) is 4.98 Å². The van der Waals surface area contributed by atoms with Crippen molar-refractivity contribution in [3.05, 3.63) is 42.2 Å². The summed E-state index contributed by atoms with van der Waals surface area (Å²) in [4.78, 5) is 7.99. The monoisotopic (exact) mass is 204 g/mol. The molecule has 1 unspecified atom stereocenters. The maximum atomic E-state index is 10.0. The molecule has 2 rings (SSSR count). The minimum absolute atomic E-state index is 0.514. The fraction of sp³-hybridized carbons (Fsp3) is 0.200. The highest BCUT2D eigenvalue weighted by Gasteiger charge is 2.17. The Kier molecular flexibility index (Phi) is 2.39. The predicted molar refractivity (Wildman–Crippen MR) is 55.9 cm³/mol. The molecule has 5 heteroatoms. The molecule has 0 saturated carbocycles. The number of hydrogen-bond donors (Lipinski definition) is 2. The lowest BCUT2D eigenvalue weighted by atomic mass is 10.1. The van der Waals surface area contributed by atoms with E-state index in [0.29, 0.717) is 17.1 Å². The number of nitrogens with two attached hydrogens (primary N) is 1. The molecule has 0 aromatic carbocycles. The zero-order valence-corrected chi connectivity index (χ0v) is 8.33. The van der Waals surface area contributed by atoms with Crippen LogP contribution in [0.3, 0.4) is 0 Å². The minimum atomic E-state index is -0.835. The summed E-state index contributed by atoms with van der Waals surface area (Å²) >= 11 is 0. The summed E-state index contributed by atoms with van der Waals surface area (Å²) in [7, 11) is 1.82. The number of rotatable bonds is 2. The van der Waals surface area contributed by atoms with Gasteiger partial charge >= 0.3 is 0 Å². The van der Waals surface area contributed by atoms with Gasteiger partial charge in [-0.1, -0.05) is 0 Å². The zero-order valence-electron chi connectivity index (χ0n) is 8.33. The van der Waals surface area contributed by atoms with Gasteiger partial charge in [0.25, 0.3) is 0 Å². The first-order valence-corrected chi connectivity index (χ1v) is 4.55. The summed E-state index contributed by atoms with van der Waals surface area (Å²) in [5.41, 5.74) is 6.83. The molecule has 0 amide bonds. The number of aliphatic hydroxyl groups is 1. The molecule has 0 fully saturated rings. The van der Waals surface area contributed by atoms with Crippen molar-refractivity contribution in [1.82, 2.24) is 14.5 Å². The highest BCUT2D eigenvalue weighted by atomic mass is 16.3. The number of anilines is 1. The number of aliphatic hydroxyl groups excluding tert-OH is 1. The average Bonchev–Trinajstić information content (AvgIpc) is 2.64. The smallest absolute Gasteiger partial charge is 0.142 e. The molecule has 0 aliphatic rings. The molecular formula is C10H12N4O. The average molecular weight is 204 g/mol. The first kappa shape index (κ1) is 9.67. The highest BCUT2D eigenvalue weighted by molar-refractivity contribution is 5.47. The van der Waals surface area contributed by atoms with Crippen molar-refractivity contribution in [2.45, 2.75) is 6.10 Å². The van der Waals surface area contributed by atoms with E-state index in [4.69, 9.17) is 5.73 Å². The van der Waals surface area contributed by atoms with Crippen molar-refractivity contribution in [1.29, 1.82) is 0 Å². The van der Waals surface area contributed by atoms with Crippen LogP contribution >= 0.6 is 0 Å². The molecule has 78 valence electrons. The maximum absolute atomic E-state index is 10.0. The van der Waals surface area contributed by atoms with Crippen molar-refractivity contribution >= 4 is 5.69 Å². The van der Waals surface area contributed by atoms with E-state index in [1.54, 1.807) is 35.4 Å². The lowest BCUT2D eigenvalue weighted by Crippen LogP contribution is -2.09. The van der Waals surface area contributed by atoms with E-state index in [2.05, 4.69) is 9.97 Å². The fourth-order valence-corrected chi connectivity index (χ4v) is 1.43. The second-order valence-electron chi connectivity index (χ2n) is 3.30. The van der Waals surface area contributed by atoms with Crippen LogP contribution in [0.4, 0.5) is 5.69 Å². The Hall–Kier alpha value is -1.88. The van der Waals surface area contributed by atoms with Gasteiger partial charge in [0.05, 0.1) is 0 Å². The van der Waals surface area contributed by atoms with Gasteiger partial charge in [-0.05, 0) is 6.07 Å². The first-order chi connectivity index (χ1) is 7.20. The number of nitrogen functional groups attached to an aromatic ring is 1. The van der Waals surface area contributed by atoms with E-state index in [0.717, 1.165) is 0 Å². The standard InChI is InChI=1S/C10H12N4O/c1-14-5-4-13-10(14)9(15)7-6-12-3-2-8(7)11/h2-6,9,15H,1H3,(H2,11,12). The summed E-state index contributed by atoms with van der Waals surface area (Å²) in [6, 6.07) is 1.65. The third-order valence-corrected chi connectivity index (χ3v) is 2.28. The molecule has 5 nitrogen and oxygen atoms in total. The van der Waals surface area contributed by atoms with E-state index in [9.17, 15) is 5.11 Å². The Morgan fingerprint density at radius 2 is 2.27 bits per heavy atom. The van der Waals surface area contributed by atoms with Crippen LogP contribution in [0.1, 0.15) is 17.5 Å². The van der Waals surface area contributed by atoms with E-state index in [-0.39, 0.29) is 0 Å². The molecule has 0 spiro atoms. The first-order valence-electron chi connectivity index (χ1n) is 4.55. The third-order valence-electron chi connectivity index (χ3n) is 2.28. The SMILES string of the molecule is Cn1ccnc1C(O)c1cnccc1N. The van der Waals surface area contributed by atoms with Gasteiger partial charge < -0.3 is 15.4 Å². The zero-order chi connectivity index (χ0) is 10.8. The van der Waals surface area contributed by atoms with Crippen molar-refractivity contribution in [3.8, 4) is 0 Å². The van der Waals surface area contributed by atoms with Crippen LogP contribution in [-0.2, 0) is 7.05 Å². The predicted octanol–water partition coefficient (Wildman–Crippen LogP) is 0.479. The number of hydrogen-bond acceptors (Lipinski definition) is 4. The van der Waals surface area contributed by atoms with E-state index >= 15 is 0 Å². The third kappa shape index (κ3) is 1.69. The molecule has 1 atom stereocenters. The van der Waals surface area contributed by atoms with Crippen LogP contribution in [-0.4, -0.2) is 19.6 Å². The summed E-state index contributed by atoms with van der Waals surface area (Å²) in [6.07, 6.45) is 5.70. The molecule has 0 radical (unpaired) electrons. The molecule has 3 N–H and O–H groups in total. The van der Waals surface area contributed by atoms with E-state index in [1.165, 1.54) is 0 Å². The molecule has 0 aliphatic carbocycles. The lowest BCUT2D eigenvalue weighted by molar-refractivity contribution is 0.206. The van der Waals surface area contributed by atoms with Crippen molar-refractivity contribution < 1.29 is 5.11 Å². The molecule has 2 aromatic heterocycles. The van der Waals surface area contributed by atoms with Gasteiger partial charge in [0, 0.05) is 43.1 Å². The number of aryl methyl sites for hydroxylation is 1. The normalized spacial score (nSPS) is 12.7. The molecule has 2 heterocycles. The second-order valence-corrected chi connectivity index (χ2v) is 3.30. The van der Waals surface area contributed by atoms with Crippen LogP contribution in [0.2, 0.25) is 0 Å². The molecule has 0 aliphatic heterocycles. The molecule has 15 heavy (non-hydrogen) atoms. The van der Waals surface area contributed by atoms with Gasteiger partial charge in [0.2, 0.25) is 0 Å². The molecule has 0 saturated heterocycles. The summed E-state index contributed by atoms with van der Waals surface area (Å²) in [5.74, 6) is 0.551. The Morgan fingerprint density at radius 3 is 2.87 bits per heavy atom. The molecular weight excluding hydrogens is 192 g/mol. The quantitative estimate of drug-likeness (QED) is 0.745. The van der Waals surface area contributed by atoms with E-state index in [1.807, 2.05) is 7.05 Å². The topological polar surface area (TPSA) is 77.0 Å². The number of aromatic nitrogens is 3. The van der Waals surface area contributed by atoms with Gasteiger partial charge in [-0.25, -0.2) is 4.98 Å². The Morgan fingerprint density at radius 1 is 1.47 bits per heavy atom. The molecule has 2 aromatic rings. The van der Waals surface area contributed by atoms with Crippen molar-refractivity contribution in [2.75, 3.05) is 5.73 Å². The van der Waals surface area contributed by atoms with Crippen LogP contribution in [0, 0.1) is 0 Å². The summed E-state index contributed by atoms with van der Waals surface area (Å²) in [6.45, 7) is 0. The van der Waals surface area contributed by atoms with Gasteiger partial charge in [0.1, 0.15) is 11.9 Å². The van der Waals surface area contributed by atoms with Crippen LogP contribution in [0.5, 0.6) is 0 Å². The van der Waals surface area contributed by atoms with Gasteiger partial charge in [0.15, 0.2) is 0 Å². The largest absolute Gasteiger partial charge is 0.398 e. The maximum Gasteiger partial charge on any atom is 0.142 e. The van der Waals surface area contributed by atoms with E-state index < -0.39 is 6.10 Å². The van der Waals surface area contributed by atoms with Crippen LogP contribution in [0.15, 0.2) is 30.9 Å². The van der Waals surface area contributed by atoms with Crippen molar-refractivity contribution in [3.63, 3.8) is 0 Å². The van der Waals surface area contributed by atoms with Crippen molar-refractivity contribution in [2.24, 2.45) is 7.05 Å². The Bertz CT molecular complexity index is 466. The number of imidazole rings is 1. The van der Waals surface area contributed by atoms with Gasteiger partial charge in [-0.2, -0.15) is 0 Å².